The molecule has 118 valence electrons. The van der Waals surface area contributed by atoms with Gasteiger partial charge in [-0.3, -0.25) is 4.98 Å². The standard InChI is InChI=1S/C18H30N2O/c1-4-5-6-7-8-15(3)21-18-11-14(2)19-12-16(18)13-20-17-9-10-17/h11-12,15,17,20H,4-10,13H2,1-3H3. The SMILES string of the molecule is CCCCCCC(C)Oc1cc(C)ncc1CNC1CC1. The van der Waals surface area contributed by atoms with Gasteiger partial charge in [0.2, 0.25) is 0 Å². The fourth-order valence-corrected chi connectivity index (χ4v) is 2.48. The largest absolute Gasteiger partial charge is 0.490 e. The molecule has 1 unspecified atom stereocenters. The van der Waals surface area contributed by atoms with E-state index in [-0.39, 0.29) is 6.10 Å². The summed E-state index contributed by atoms with van der Waals surface area (Å²) >= 11 is 0. The van der Waals surface area contributed by atoms with Crippen LogP contribution in [-0.4, -0.2) is 17.1 Å². The molecule has 1 atom stereocenters. The van der Waals surface area contributed by atoms with Crippen molar-refractivity contribution in [2.75, 3.05) is 0 Å². The third-order valence-corrected chi connectivity index (χ3v) is 4.03. The van der Waals surface area contributed by atoms with Gasteiger partial charge < -0.3 is 10.1 Å². The highest BCUT2D eigenvalue weighted by atomic mass is 16.5. The number of aryl methyl sites for hydroxylation is 1. The molecule has 0 spiro atoms. The number of ether oxygens (including phenoxy) is 1. The monoisotopic (exact) mass is 290 g/mol. The van der Waals surface area contributed by atoms with E-state index in [1.807, 2.05) is 13.1 Å². The van der Waals surface area contributed by atoms with E-state index < -0.39 is 0 Å². The molecule has 2 rings (SSSR count). The van der Waals surface area contributed by atoms with Crippen LogP contribution in [0.2, 0.25) is 0 Å². The van der Waals surface area contributed by atoms with Crippen molar-refractivity contribution in [3.8, 4) is 5.75 Å². The van der Waals surface area contributed by atoms with Gasteiger partial charge in [-0.25, -0.2) is 0 Å². The summed E-state index contributed by atoms with van der Waals surface area (Å²) in [5, 5.41) is 3.55. The van der Waals surface area contributed by atoms with Crippen LogP contribution in [0.15, 0.2) is 12.3 Å². The molecule has 1 aromatic rings. The maximum atomic E-state index is 6.18. The van der Waals surface area contributed by atoms with Crippen LogP contribution < -0.4 is 10.1 Å². The zero-order valence-corrected chi connectivity index (χ0v) is 13.8. The summed E-state index contributed by atoms with van der Waals surface area (Å²) < 4.78 is 6.18. The van der Waals surface area contributed by atoms with Crippen molar-refractivity contribution in [1.82, 2.24) is 10.3 Å². The van der Waals surface area contributed by atoms with Crippen LogP contribution in [0.5, 0.6) is 5.75 Å². The van der Waals surface area contributed by atoms with E-state index in [2.05, 4.69) is 30.2 Å². The van der Waals surface area contributed by atoms with Crippen molar-refractivity contribution in [2.45, 2.75) is 84.4 Å². The molecule has 1 heterocycles. The van der Waals surface area contributed by atoms with Crippen LogP contribution in [0, 0.1) is 6.92 Å². The summed E-state index contributed by atoms with van der Waals surface area (Å²) in [7, 11) is 0. The van der Waals surface area contributed by atoms with E-state index in [4.69, 9.17) is 4.74 Å². The second kappa shape index (κ2) is 8.38. The number of aromatic nitrogens is 1. The quantitative estimate of drug-likeness (QED) is 0.649. The number of rotatable bonds is 10. The van der Waals surface area contributed by atoms with Gasteiger partial charge >= 0.3 is 0 Å². The normalized spacial score (nSPS) is 16.0. The molecule has 1 aliphatic carbocycles. The summed E-state index contributed by atoms with van der Waals surface area (Å²) in [5.41, 5.74) is 2.21. The van der Waals surface area contributed by atoms with Crippen molar-refractivity contribution in [3.05, 3.63) is 23.5 Å². The zero-order valence-electron chi connectivity index (χ0n) is 13.8. The van der Waals surface area contributed by atoms with Gasteiger partial charge in [0, 0.05) is 36.1 Å². The van der Waals surface area contributed by atoms with E-state index in [0.29, 0.717) is 6.04 Å². The molecule has 0 radical (unpaired) electrons. The van der Waals surface area contributed by atoms with Gasteiger partial charge in [0.1, 0.15) is 5.75 Å². The van der Waals surface area contributed by atoms with Crippen LogP contribution in [0.3, 0.4) is 0 Å². The second-order valence-electron chi connectivity index (χ2n) is 6.37. The Morgan fingerprint density at radius 2 is 2.14 bits per heavy atom. The summed E-state index contributed by atoms with van der Waals surface area (Å²) in [6, 6.07) is 2.79. The molecule has 1 aliphatic rings. The van der Waals surface area contributed by atoms with Crippen molar-refractivity contribution < 1.29 is 4.74 Å². The Balaban J connectivity index is 1.85. The van der Waals surface area contributed by atoms with E-state index in [1.165, 1.54) is 44.1 Å². The summed E-state index contributed by atoms with van der Waals surface area (Å²) in [6.07, 6.45) is 11.2. The first-order valence-electron chi connectivity index (χ1n) is 8.54. The predicted molar refractivity (Wildman–Crippen MR) is 87.7 cm³/mol. The molecule has 3 heteroatoms. The van der Waals surface area contributed by atoms with Crippen LogP contribution in [0.25, 0.3) is 0 Å². The van der Waals surface area contributed by atoms with Gasteiger partial charge in [-0.05, 0) is 39.5 Å². The first-order valence-corrected chi connectivity index (χ1v) is 8.54. The lowest BCUT2D eigenvalue weighted by molar-refractivity contribution is 0.203. The van der Waals surface area contributed by atoms with Crippen LogP contribution in [-0.2, 0) is 6.54 Å². The minimum atomic E-state index is 0.281. The Morgan fingerprint density at radius 1 is 1.33 bits per heavy atom. The number of pyridine rings is 1. The molecule has 1 saturated carbocycles. The van der Waals surface area contributed by atoms with Crippen LogP contribution >= 0.6 is 0 Å². The average molecular weight is 290 g/mol. The molecular weight excluding hydrogens is 260 g/mol. The second-order valence-corrected chi connectivity index (χ2v) is 6.37. The van der Waals surface area contributed by atoms with Gasteiger partial charge in [-0.2, -0.15) is 0 Å². The van der Waals surface area contributed by atoms with Gasteiger partial charge in [-0.15, -0.1) is 0 Å². The lowest BCUT2D eigenvalue weighted by atomic mass is 10.1. The highest BCUT2D eigenvalue weighted by Gasteiger charge is 2.21. The maximum absolute atomic E-state index is 6.18. The third-order valence-electron chi connectivity index (χ3n) is 4.03. The molecule has 0 bridgehead atoms. The molecule has 0 aliphatic heterocycles. The average Bonchev–Trinajstić information content (AvgIpc) is 3.27. The summed E-state index contributed by atoms with van der Waals surface area (Å²) in [4.78, 5) is 4.41. The minimum Gasteiger partial charge on any atom is -0.490 e. The Kier molecular flexibility index (Phi) is 6.50. The number of hydrogen-bond acceptors (Lipinski definition) is 3. The molecule has 1 fully saturated rings. The number of hydrogen-bond donors (Lipinski definition) is 1. The van der Waals surface area contributed by atoms with E-state index >= 15 is 0 Å². The van der Waals surface area contributed by atoms with Gasteiger partial charge in [-0.1, -0.05) is 26.2 Å². The van der Waals surface area contributed by atoms with Crippen LogP contribution in [0.4, 0.5) is 0 Å². The molecule has 0 amide bonds. The molecule has 0 aromatic carbocycles. The van der Waals surface area contributed by atoms with Crippen molar-refractivity contribution in [3.63, 3.8) is 0 Å². The summed E-state index contributed by atoms with van der Waals surface area (Å²) in [6.45, 7) is 7.32. The fraction of sp³-hybridized carbons (Fsp3) is 0.722. The lowest BCUT2D eigenvalue weighted by Crippen LogP contribution is -2.18. The summed E-state index contributed by atoms with van der Waals surface area (Å²) in [5.74, 6) is 1.01. The van der Waals surface area contributed by atoms with Crippen LogP contribution in [0.1, 0.15) is 70.1 Å². The van der Waals surface area contributed by atoms with Gasteiger partial charge in [0.15, 0.2) is 0 Å². The van der Waals surface area contributed by atoms with Crippen molar-refractivity contribution in [1.29, 1.82) is 0 Å². The minimum absolute atomic E-state index is 0.281. The Morgan fingerprint density at radius 3 is 2.86 bits per heavy atom. The number of nitrogens with one attached hydrogen (secondary N) is 1. The zero-order chi connectivity index (χ0) is 15.1. The molecule has 3 nitrogen and oxygen atoms in total. The Bertz CT molecular complexity index is 429. The molecule has 0 saturated heterocycles. The topological polar surface area (TPSA) is 34.1 Å². The Labute approximate surface area is 129 Å². The van der Waals surface area contributed by atoms with Gasteiger partial charge in [0.05, 0.1) is 6.10 Å². The smallest absolute Gasteiger partial charge is 0.127 e. The fourth-order valence-electron chi connectivity index (χ4n) is 2.48. The first-order chi connectivity index (χ1) is 10.2. The predicted octanol–water partition coefficient (Wildman–Crippen LogP) is 4.38. The number of unbranched alkanes of at least 4 members (excludes halogenated alkanes) is 3. The first kappa shape index (κ1) is 16.3. The van der Waals surface area contributed by atoms with Crippen molar-refractivity contribution >= 4 is 0 Å². The highest BCUT2D eigenvalue weighted by molar-refractivity contribution is 5.33. The van der Waals surface area contributed by atoms with Crippen molar-refractivity contribution in [2.24, 2.45) is 0 Å². The van der Waals surface area contributed by atoms with E-state index in [1.54, 1.807) is 0 Å². The molecule has 21 heavy (non-hydrogen) atoms. The third kappa shape index (κ3) is 6.04. The molecule has 1 aromatic heterocycles. The Hall–Kier alpha value is -1.09. The van der Waals surface area contributed by atoms with E-state index in [0.717, 1.165) is 24.4 Å². The highest BCUT2D eigenvalue weighted by Crippen LogP contribution is 2.24. The molecule has 1 N–H and O–H groups in total. The molecular formula is C18H30N2O. The maximum Gasteiger partial charge on any atom is 0.127 e. The van der Waals surface area contributed by atoms with Gasteiger partial charge in [0.25, 0.3) is 0 Å². The number of nitrogens with zero attached hydrogens (tertiary/aromatic N) is 1. The van der Waals surface area contributed by atoms with E-state index in [9.17, 15) is 0 Å². The lowest BCUT2D eigenvalue weighted by Gasteiger charge is -2.18.